The normalized spacial score (nSPS) is 15.5. The summed E-state index contributed by atoms with van der Waals surface area (Å²) in [5.74, 6) is 0.503. The van der Waals surface area contributed by atoms with E-state index < -0.39 is 5.97 Å². The summed E-state index contributed by atoms with van der Waals surface area (Å²) >= 11 is 0. The average Bonchev–Trinajstić information content (AvgIpc) is 2.99. The van der Waals surface area contributed by atoms with Gasteiger partial charge < -0.3 is 14.3 Å². The summed E-state index contributed by atoms with van der Waals surface area (Å²) in [6.07, 6.45) is 0.539. The molecule has 1 aliphatic rings. The number of fused-ring (bicyclic) bond motifs is 1. The van der Waals surface area contributed by atoms with Crippen LogP contribution in [0.25, 0.3) is 0 Å². The zero-order valence-corrected chi connectivity index (χ0v) is 13.3. The highest BCUT2D eigenvalue weighted by Crippen LogP contribution is 2.44. The molecule has 0 bridgehead atoms. The summed E-state index contributed by atoms with van der Waals surface area (Å²) in [5, 5.41) is 8.96. The van der Waals surface area contributed by atoms with Gasteiger partial charge in [-0.1, -0.05) is 19.9 Å². The van der Waals surface area contributed by atoms with E-state index in [1.165, 1.54) is 17.2 Å². The maximum atomic E-state index is 10.9. The third kappa shape index (κ3) is 2.28. The van der Waals surface area contributed by atoms with Gasteiger partial charge in [-0.05, 0) is 37.1 Å². The molecule has 4 nitrogen and oxygen atoms in total. The number of aryl methyl sites for hydroxylation is 2. The van der Waals surface area contributed by atoms with Gasteiger partial charge in [-0.2, -0.15) is 0 Å². The van der Waals surface area contributed by atoms with E-state index >= 15 is 0 Å². The number of carbonyl (C=O) groups is 1. The number of ether oxygens (including phenoxy) is 1. The molecule has 0 unspecified atom stereocenters. The van der Waals surface area contributed by atoms with E-state index in [0.29, 0.717) is 18.8 Å². The lowest BCUT2D eigenvalue weighted by Crippen LogP contribution is -2.19. The molecule has 22 heavy (non-hydrogen) atoms. The summed E-state index contributed by atoms with van der Waals surface area (Å²) in [6.45, 7) is 9.19. The van der Waals surface area contributed by atoms with E-state index in [4.69, 9.17) is 14.3 Å². The Bertz CT molecular complexity index is 753. The van der Waals surface area contributed by atoms with Crippen molar-refractivity contribution in [3.63, 3.8) is 0 Å². The second kappa shape index (κ2) is 4.90. The van der Waals surface area contributed by atoms with Crippen molar-refractivity contribution in [2.75, 3.05) is 6.61 Å². The number of benzene rings is 1. The maximum Gasteiger partial charge on any atom is 0.371 e. The number of hydrogen-bond donors (Lipinski definition) is 1. The largest absolute Gasteiger partial charge is 0.492 e. The highest BCUT2D eigenvalue weighted by atomic mass is 16.5. The third-order valence-corrected chi connectivity index (χ3v) is 4.28. The summed E-state index contributed by atoms with van der Waals surface area (Å²) in [7, 11) is 0. The standard InChI is InChI=1S/C18H20O4/c1-10-7-11(2)15-16(21-9-18(15,3)4)13(10)8-12-5-6-14(22-12)17(19)20/h5-7H,8-9H2,1-4H3,(H,19,20). The first-order valence-corrected chi connectivity index (χ1v) is 7.38. The van der Waals surface area contributed by atoms with E-state index in [2.05, 4.69) is 33.8 Å². The van der Waals surface area contributed by atoms with Gasteiger partial charge in [-0.25, -0.2) is 4.79 Å². The van der Waals surface area contributed by atoms with Gasteiger partial charge in [0.2, 0.25) is 5.76 Å². The van der Waals surface area contributed by atoms with Crippen LogP contribution in [0.3, 0.4) is 0 Å². The summed E-state index contributed by atoms with van der Waals surface area (Å²) in [6, 6.07) is 5.38. The molecule has 0 saturated carbocycles. The highest BCUT2D eigenvalue weighted by molar-refractivity contribution is 5.84. The van der Waals surface area contributed by atoms with Crippen LogP contribution in [-0.2, 0) is 11.8 Å². The molecule has 1 aromatic carbocycles. The van der Waals surface area contributed by atoms with Crippen molar-refractivity contribution in [2.45, 2.75) is 39.5 Å². The highest BCUT2D eigenvalue weighted by Gasteiger charge is 2.35. The fourth-order valence-corrected chi connectivity index (χ4v) is 3.30. The minimum absolute atomic E-state index is 0.00272. The minimum Gasteiger partial charge on any atom is -0.492 e. The van der Waals surface area contributed by atoms with E-state index in [9.17, 15) is 4.79 Å². The van der Waals surface area contributed by atoms with Crippen molar-refractivity contribution in [2.24, 2.45) is 0 Å². The zero-order valence-electron chi connectivity index (χ0n) is 13.3. The lowest BCUT2D eigenvalue weighted by molar-refractivity contribution is 0.0660. The van der Waals surface area contributed by atoms with E-state index in [1.807, 2.05) is 0 Å². The Labute approximate surface area is 129 Å². The number of furan rings is 1. The van der Waals surface area contributed by atoms with Crippen molar-refractivity contribution in [1.29, 1.82) is 0 Å². The van der Waals surface area contributed by atoms with Crippen LogP contribution in [0.4, 0.5) is 0 Å². The smallest absolute Gasteiger partial charge is 0.371 e. The molecule has 0 amide bonds. The molecular formula is C18H20O4. The van der Waals surface area contributed by atoms with Crippen LogP contribution in [0.15, 0.2) is 22.6 Å². The SMILES string of the molecule is Cc1cc(C)c2c(c1Cc1ccc(C(=O)O)o1)OCC2(C)C. The molecule has 1 aromatic heterocycles. The molecule has 1 aliphatic heterocycles. The second-order valence-corrected chi connectivity index (χ2v) is 6.61. The molecule has 1 N–H and O–H groups in total. The molecule has 0 saturated heterocycles. The predicted molar refractivity (Wildman–Crippen MR) is 82.9 cm³/mol. The topological polar surface area (TPSA) is 59.7 Å². The summed E-state index contributed by atoms with van der Waals surface area (Å²) in [5.41, 5.74) is 4.71. The van der Waals surface area contributed by atoms with Crippen molar-refractivity contribution in [3.05, 3.63) is 52.0 Å². The van der Waals surface area contributed by atoms with Crippen LogP contribution < -0.4 is 4.74 Å². The maximum absolute atomic E-state index is 10.9. The van der Waals surface area contributed by atoms with Crippen LogP contribution in [0.1, 0.15) is 52.4 Å². The number of rotatable bonds is 3. The molecule has 2 heterocycles. The first-order chi connectivity index (χ1) is 10.3. The minimum atomic E-state index is -1.05. The quantitative estimate of drug-likeness (QED) is 0.935. The Kier molecular flexibility index (Phi) is 3.28. The molecule has 0 radical (unpaired) electrons. The van der Waals surface area contributed by atoms with E-state index in [1.54, 1.807) is 6.07 Å². The molecule has 0 aliphatic carbocycles. The van der Waals surface area contributed by atoms with Gasteiger partial charge in [-0.3, -0.25) is 0 Å². The predicted octanol–water partition coefficient (Wildman–Crippen LogP) is 3.86. The molecule has 2 aromatic rings. The molecule has 4 heteroatoms. The van der Waals surface area contributed by atoms with Gasteiger partial charge in [0.25, 0.3) is 0 Å². The molecule has 0 atom stereocenters. The van der Waals surface area contributed by atoms with Gasteiger partial charge in [0.1, 0.15) is 11.5 Å². The summed E-state index contributed by atoms with van der Waals surface area (Å²) in [4.78, 5) is 10.9. The first-order valence-electron chi connectivity index (χ1n) is 7.38. The van der Waals surface area contributed by atoms with Crippen molar-refractivity contribution in [3.8, 4) is 5.75 Å². The van der Waals surface area contributed by atoms with Gasteiger partial charge in [0.05, 0.1) is 6.61 Å². The summed E-state index contributed by atoms with van der Waals surface area (Å²) < 4.78 is 11.4. The Hall–Kier alpha value is -2.23. The number of carboxylic acids is 1. The van der Waals surface area contributed by atoms with Crippen LogP contribution in [0.2, 0.25) is 0 Å². The molecule has 0 fully saturated rings. The third-order valence-electron chi connectivity index (χ3n) is 4.28. The van der Waals surface area contributed by atoms with Gasteiger partial charge in [0.15, 0.2) is 0 Å². The van der Waals surface area contributed by atoms with Crippen LogP contribution in [-0.4, -0.2) is 17.7 Å². The van der Waals surface area contributed by atoms with Gasteiger partial charge in [0, 0.05) is 23.0 Å². The Morgan fingerprint density at radius 2 is 2.00 bits per heavy atom. The lowest BCUT2D eigenvalue weighted by Gasteiger charge is -2.19. The Morgan fingerprint density at radius 1 is 1.27 bits per heavy atom. The van der Waals surface area contributed by atoms with Gasteiger partial charge in [-0.15, -0.1) is 0 Å². The monoisotopic (exact) mass is 300 g/mol. The number of carboxylic acid groups (broad SMARTS) is 1. The van der Waals surface area contributed by atoms with Crippen LogP contribution in [0, 0.1) is 13.8 Å². The molecule has 0 spiro atoms. The van der Waals surface area contributed by atoms with E-state index in [-0.39, 0.29) is 11.2 Å². The Morgan fingerprint density at radius 3 is 2.64 bits per heavy atom. The second-order valence-electron chi connectivity index (χ2n) is 6.61. The molecule has 3 rings (SSSR count). The average molecular weight is 300 g/mol. The van der Waals surface area contributed by atoms with Crippen LogP contribution in [0.5, 0.6) is 5.75 Å². The van der Waals surface area contributed by atoms with Crippen LogP contribution >= 0.6 is 0 Å². The van der Waals surface area contributed by atoms with Crippen molar-refractivity contribution < 1.29 is 19.1 Å². The number of aromatic carboxylic acids is 1. The zero-order chi connectivity index (χ0) is 16.1. The fraction of sp³-hybridized carbons (Fsp3) is 0.389. The van der Waals surface area contributed by atoms with Gasteiger partial charge >= 0.3 is 5.97 Å². The molecule has 116 valence electrons. The van der Waals surface area contributed by atoms with E-state index in [0.717, 1.165) is 16.9 Å². The first kappa shape index (κ1) is 14.7. The van der Waals surface area contributed by atoms with Crippen molar-refractivity contribution >= 4 is 5.97 Å². The Balaban J connectivity index is 2.04. The molecular weight excluding hydrogens is 280 g/mol. The fourth-order valence-electron chi connectivity index (χ4n) is 3.30. The van der Waals surface area contributed by atoms with Crippen molar-refractivity contribution in [1.82, 2.24) is 0 Å². The number of hydrogen-bond acceptors (Lipinski definition) is 3. The lowest BCUT2D eigenvalue weighted by atomic mass is 9.82.